The molecule has 3 aromatic rings. The summed E-state index contributed by atoms with van der Waals surface area (Å²) in [6, 6.07) is 16.4. The van der Waals surface area contributed by atoms with Gasteiger partial charge in [0.15, 0.2) is 0 Å². The Morgan fingerprint density at radius 3 is 2.55 bits per heavy atom. The number of sulfonamides is 1. The molecular weight excluding hydrogens is 418 g/mol. The fourth-order valence-corrected chi connectivity index (χ4v) is 4.21. The third kappa shape index (κ3) is 5.52. The number of nitrogens with zero attached hydrogens (tertiary/aromatic N) is 2. The van der Waals surface area contributed by atoms with E-state index in [-0.39, 0.29) is 10.6 Å². The van der Waals surface area contributed by atoms with Crippen molar-refractivity contribution in [3.8, 4) is 5.75 Å². The van der Waals surface area contributed by atoms with Crippen molar-refractivity contribution < 1.29 is 22.4 Å². The molecule has 0 aliphatic carbocycles. The molecule has 0 aliphatic rings. The molecule has 31 heavy (non-hydrogen) atoms. The van der Waals surface area contributed by atoms with Gasteiger partial charge in [-0.2, -0.15) is 5.10 Å². The predicted molar refractivity (Wildman–Crippen MR) is 118 cm³/mol. The van der Waals surface area contributed by atoms with Crippen molar-refractivity contribution in [2.24, 2.45) is 5.10 Å². The average Bonchev–Trinajstić information content (AvgIpc) is 3.27. The predicted octanol–water partition coefficient (Wildman–Crippen LogP) is 3.33. The number of para-hydroxylation sites is 2. The fourth-order valence-electron chi connectivity index (χ4n) is 2.78. The number of carbonyl (C=O) groups excluding carboxylic acids is 1. The second-order valence-corrected chi connectivity index (χ2v) is 8.40. The number of nitrogens with one attached hydrogen (secondary N) is 1. The fraction of sp³-hybridized carbons (Fsp3) is 0.182. The van der Waals surface area contributed by atoms with Crippen molar-refractivity contribution in [3.63, 3.8) is 0 Å². The molecule has 0 unspecified atom stereocenters. The van der Waals surface area contributed by atoms with E-state index in [1.807, 2.05) is 6.92 Å². The highest BCUT2D eigenvalue weighted by atomic mass is 32.2. The summed E-state index contributed by atoms with van der Waals surface area (Å²) in [4.78, 5) is 12.6. The van der Waals surface area contributed by atoms with Crippen LogP contribution >= 0.6 is 0 Å². The van der Waals surface area contributed by atoms with Crippen molar-refractivity contribution in [2.45, 2.75) is 18.7 Å². The largest absolute Gasteiger partial charge is 0.492 e. The molecular formula is C22H23N3O5S. The first kappa shape index (κ1) is 22.1. The molecule has 0 bridgehead atoms. The SMILES string of the molecule is CCOc1ccccc1N(CC(=O)N/N=C\c1ccco1)S(=O)(=O)c1ccc(C)cc1. The van der Waals surface area contributed by atoms with E-state index in [2.05, 4.69) is 10.5 Å². The van der Waals surface area contributed by atoms with Crippen LogP contribution < -0.4 is 14.5 Å². The van der Waals surface area contributed by atoms with Crippen molar-refractivity contribution >= 4 is 27.8 Å². The van der Waals surface area contributed by atoms with E-state index in [9.17, 15) is 13.2 Å². The van der Waals surface area contributed by atoms with Crippen LogP contribution in [0.4, 0.5) is 5.69 Å². The van der Waals surface area contributed by atoms with Crippen molar-refractivity contribution in [1.82, 2.24) is 5.43 Å². The van der Waals surface area contributed by atoms with Gasteiger partial charge in [0.05, 0.1) is 29.7 Å². The topological polar surface area (TPSA) is 101 Å². The van der Waals surface area contributed by atoms with E-state index >= 15 is 0 Å². The quantitative estimate of drug-likeness (QED) is 0.405. The molecule has 1 amide bonds. The summed E-state index contributed by atoms with van der Waals surface area (Å²) in [5, 5.41) is 3.81. The normalized spacial score (nSPS) is 11.4. The van der Waals surface area contributed by atoms with Gasteiger partial charge in [0.2, 0.25) is 0 Å². The third-order valence-corrected chi connectivity index (χ3v) is 6.03. The molecule has 0 saturated carbocycles. The smallest absolute Gasteiger partial charge is 0.264 e. The van der Waals surface area contributed by atoms with Crippen LogP contribution in [-0.4, -0.2) is 33.7 Å². The van der Waals surface area contributed by atoms with E-state index < -0.39 is 22.5 Å². The maximum absolute atomic E-state index is 13.4. The van der Waals surface area contributed by atoms with Gasteiger partial charge in [-0.3, -0.25) is 9.10 Å². The number of aryl methyl sites for hydroxylation is 1. The van der Waals surface area contributed by atoms with Crippen LogP contribution in [0.5, 0.6) is 5.75 Å². The van der Waals surface area contributed by atoms with E-state index in [0.29, 0.717) is 18.1 Å². The Kier molecular flexibility index (Phi) is 7.09. The van der Waals surface area contributed by atoms with Crippen LogP contribution in [0.2, 0.25) is 0 Å². The van der Waals surface area contributed by atoms with Crippen molar-refractivity contribution in [3.05, 3.63) is 78.3 Å². The minimum atomic E-state index is -4.05. The summed E-state index contributed by atoms with van der Waals surface area (Å²) < 4.78 is 38.6. The summed E-state index contributed by atoms with van der Waals surface area (Å²) in [5.74, 6) is 0.184. The molecule has 1 aromatic heterocycles. The van der Waals surface area contributed by atoms with Crippen LogP contribution in [0, 0.1) is 6.92 Å². The molecule has 2 aromatic carbocycles. The highest BCUT2D eigenvalue weighted by molar-refractivity contribution is 7.92. The molecule has 0 saturated heterocycles. The van der Waals surface area contributed by atoms with Gasteiger partial charge >= 0.3 is 0 Å². The lowest BCUT2D eigenvalue weighted by molar-refractivity contribution is -0.119. The summed E-state index contributed by atoms with van der Waals surface area (Å²) in [5.41, 5.74) is 3.51. The van der Waals surface area contributed by atoms with Gasteiger partial charge in [-0.1, -0.05) is 29.8 Å². The molecule has 0 fully saturated rings. The lowest BCUT2D eigenvalue weighted by Gasteiger charge is -2.25. The van der Waals surface area contributed by atoms with Gasteiger partial charge in [0, 0.05) is 0 Å². The average molecular weight is 442 g/mol. The summed E-state index contributed by atoms with van der Waals surface area (Å²) in [7, 11) is -4.05. The molecule has 0 aliphatic heterocycles. The molecule has 0 atom stereocenters. The molecule has 0 radical (unpaired) electrons. The lowest BCUT2D eigenvalue weighted by Crippen LogP contribution is -2.39. The molecule has 9 heteroatoms. The van der Waals surface area contributed by atoms with Crippen LogP contribution in [0.25, 0.3) is 0 Å². The monoisotopic (exact) mass is 441 g/mol. The zero-order valence-corrected chi connectivity index (χ0v) is 18.0. The van der Waals surface area contributed by atoms with Crippen LogP contribution in [-0.2, 0) is 14.8 Å². The first-order valence-electron chi connectivity index (χ1n) is 9.58. The second kappa shape index (κ2) is 9.94. The number of benzene rings is 2. The number of amides is 1. The van der Waals surface area contributed by atoms with Crippen LogP contribution in [0.15, 0.2) is 81.3 Å². The summed E-state index contributed by atoms with van der Waals surface area (Å²) in [6.45, 7) is 3.51. The molecule has 1 heterocycles. The minimum absolute atomic E-state index is 0.0660. The van der Waals surface area contributed by atoms with Gasteiger partial charge < -0.3 is 9.15 Å². The standard InChI is InChI=1S/C22H23N3O5S/c1-3-29-21-9-5-4-8-20(21)25(31(27,28)19-12-10-17(2)11-13-19)16-22(26)24-23-15-18-7-6-14-30-18/h4-15H,3,16H2,1-2H3,(H,24,26)/b23-15-. The maximum Gasteiger partial charge on any atom is 0.264 e. The Morgan fingerprint density at radius 2 is 1.87 bits per heavy atom. The first-order chi connectivity index (χ1) is 14.9. The number of rotatable bonds is 9. The lowest BCUT2D eigenvalue weighted by atomic mass is 10.2. The first-order valence-corrected chi connectivity index (χ1v) is 11.0. The highest BCUT2D eigenvalue weighted by Gasteiger charge is 2.29. The number of hydrogen-bond donors (Lipinski definition) is 1. The van der Waals surface area contributed by atoms with Gasteiger partial charge in [0.25, 0.3) is 15.9 Å². The van der Waals surface area contributed by atoms with Crippen LogP contribution in [0.3, 0.4) is 0 Å². The third-order valence-electron chi connectivity index (χ3n) is 4.25. The highest BCUT2D eigenvalue weighted by Crippen LogP contribution is 2.32. The van der Waals surface area contributed by atoms with E-state index in [4.69, 9.17) is 9.15 Å². The van der Waals surface area contributed by atoms with Crippen molar-refractivity contribution in [2.75, 3.05) is 17.5 Å². The van der Waals surface area contributed by atoms with Crippen molar-refractivity contribution in [1.29, 1.82) is 0 Å². The Hall–Kier alpha value is -3.59. The van der Waals surface area contributed by atoms with Gasteiger partial charge in [-0.05, 0) is 50.2 Å². The number of hydrogen-bond acceptors (Lipinski definition) is 6. The number of hydrazone groups is 1. The number of anilines is 1. The van der Waals surface area contributed by atoms with E-state index in [1.54, 1.807) is 55.5 Å². The van der Waals surface area contributed by atoms with Gasteiger partial charge in [0.1, 0.15) is 18.1 Å². The van der Waals surface area contributed by atoms with Gasteiger partial charge in [-0.25, -0.2) is 13.8 Å². The van der Waals surface area contributed by atoms with E-state index in [0.717, 1.165) is 9.87 Å². The molecule has 3 rings (SSSR count). The number of carbonyl (C=O) groups is 1. The second-order valence-electron chi connectivity index (χ2n) is 6.53. The zero-order chi connectivity index (χ0) is 22.3. The molecule has 162 valence electrons. The number of furan rings is 1. The molecule has 1 N–H and O–H groups in total. The summed E-state index contributed by atoms with van der Waals surface area (Å²) in [6.07, 6.45) is 2.80. The Morgan fingerprint density at radius 1 is 1.13 bits per heavy atom. The Labute approximate surface area is 181 Å². The summed E-state index contributed by atoms with van der Waals surface area (Å²) >= 11 is 0. The number of ether oxygens (including phenoxy) is 1. The van der Waals surface area contributed by atoms with Gasteiger partial charge in [-0.15, -0.1) is 0 Å². The van der Waals surface area contributed by atoms with E-state index in [1.165, 1.54) is 24.6 Å². The van der Waals surface area contributed by atoms with Crippen LogP contribution in [0.1, 0.15) is 18.2 Å². The Balaban J connectivity index is 1.92. The minimum Gasteiger partial charge on any atom is -0.492 e. The molecule has 8 nitrogen and oxygen atoms in total. The Bertz CT molecular complexity index is 1140. The zero-order valence-electron chi connectivity index (χ0n) is 17.2. The maximum atomic E-state index is 13.4. The molecule has 0 spiro atoms.